The second kappa shape index (κ2) is 8.38. The van der Waals surface area contributed by atoms with Crippen LogP contribution in [0.2, 0.25) is 0 Å². The molecular weight excluding hydrogens is 188 g/mol. The summed E-state index contributed by atoms with van der Waals surface area (Å²) < 4.78 is 0. The lowest BCUT2D eigenvalue weighted by Gasteiger charge is -1.95. The molecule has 0 saturated carbocycles. The molecular formula is C3H6N4S3. The van der Waals surface area contributed by atoms with E-state index in [-0.39, 0.29) is 10.2 Å². The van der Waals surface area contributed by atoms with Gasteiger partial charge in [0.25, 0.3) is 0 Å². The molecule has 4 nitrogen and oxygen atoms in total. The van der Waals surface area contributed by atoms with Gasteiger partial charge in [-0.25, -0.2) is 5.41 Å². The van der Waals surface area contributed by atoms with Gasteiger partial charge in [0.05, 0.1) is 5.16 Å². The minimum absolute atomic E-state index is 0.104. The zero-order valence-corrected chi connectivity index (χ0v) is 7.33. The highest BCUT2D eigenvalue weighted by molar-refractivity contribution is 7.81. The van der Waals surface area contributed by atoms with Gasteiger partial charge in [-0.3, -0.25) is 0 Å². The number of nitrogens with one attached hydrogen (secondary N) is 2. The molecule has 0 unspecified atom stereocenters. The van der Waals surface area contributed by atoms with Gasteiger partial charge in [-0.2, -0.15) is 0 Å². The monoisotopic (exact) mass is 194 g/mol. The van der Waals surface area contributed by atoms with Gasteiger partial charge < -0.3 is 16.8 Å². The van der Waals surface area contributed by atoms with Crippen LogP contribution >= 0.6 is 36.7 Å². The molecule has 56 valence electrons. The third-order valence-corrected chi connectivity index (χ3v) is 0.451. The van der Waals surface area contributed by atoms with Gasteiger partial charge in [0.1, 0.15) is 0 Å². The Morgan fingerprint density at radius 3 is 1.50 bits per heavy atom. The molecule has 0 aliphatic heterocycles. The van der Waals surface area contributed by atoms with E-state index in [0.717, 1.165) is 0 Å². The summed E-state index contributed by atoms with van der Waals surface area (Å²) in [4.78, 5) is 0. The Hall–Kier alpha value is -0.620. The maximum absolute atomic E-state index is 5.77. The number of rotatable bonds is 0. The first-order valence-electron chi connectivity index (χ1n) is 1.94. The van der Waals surface area contributed by atoms with Crippen molar-refractivity contribution in [2.45, 2.75) is 0 Å². The summed E-state index contributed by atoms with van der Waals surface area (Å²) in [6.45, 7) is 0. The Balaban J connectivity index is 0. The SMILES string of the molecule is N=C=S.NC(=S)NC(N)=S. The molecule has 0 aliphatic carbocycles. The standard InChI is InChI=1S/C2H5N3S2.CHNS/c3-1(6)5-2(4)7;2-1-3/h(H5,3,4,5,6,7);2H. The highest BCUT2D eigenvalue weighted by atomic mass is 32.1. The molecule has 0 radical (unpaired) electrons. The number of nitrogens with two attached hydrogens (primary N) is 2. The average molecular weight is 194 g/mol. The van der Waals surface area contributed by atoms with E-state index in [1.54, 1.807) is 5.16 Å². The van der Waals surface area contributed by atoms with Gasteiger partial charge in [-0.1, -0.05) is 0 Å². The van der Waals surface area contributed by atoms with E-state index in [4.69, 9.17) is 16.9 Å². The Kier molecular flexibility index (Phi) is 10.1. The van der Waals surface area contributed by atoms with Crippen molar-refractivity contribution in [2.75, 3.05) is 0 Å². The first-order valence-corrected chi connectivity index (χ1v) is 3.16. The lowest BCUT2D eigenvalue weighted by Crippen LogP contribution is -2.38. The average Bonchev–Trinajstić information content (AvgIpc) is 1.62. The van der Waals surface area contributed by atoms with Crippen molar-refractivity contribution in [1.82, 2.24) is 5.32 Å². The summed E-state index contributed by atoms with van der Waals surface area (Å²) in [5.74, 6) is 0. The number of thiocarbonyl (C=S) groups is 3. The van der Waals surface area contributed by atoms with Crippen LogP contribution in [-0.2, 0) is 0 Å². The minimum atomic E-state index is 0.104. The van der Waals surface area contributed by atoms with Gasteiger partial charge in [0, 0.05) is 0 Å². The molecule has 0 aromatic rings. The van der Waals surface area contributed by atoms with E-state index in [0.29, 0.717) is 0 Å². The van der Waals surface area contributed by atoms with Crippen molar-refractivity contribution >= 4 is 52.0 Å². The van der Waals surface area contributed by atoms with Crippen LogP contribution in [0.4, 0.5) is 0 Å². The quantitative estimate of drug-likeness (QED) is 0.314. The van der Waals surface area contributed by atoms with Crippen LogP contribution in [0.5, 0.6) is 0 Å². The minimum Gasteiger partial charge on any atom is -0.376 e. The molecule has 0 atom stereocenters. The third kappa shape index (κ3) is 26.3. The topological polar surface area (TPSA) is 87.9 Å². The van der Waals surface area contributed by atoms with Crippen molar-refractivity contribution in [3.63, 3.8) is 0 Å². The van der Waals surface area contributed by atoms with Gasteiger partial charge in [-0.15, -0.1) is 0 Å². The lowest BCUT2D eigenvalue weighted by atomic mass is 11.0. The van der Waals surface area contributed by atoms with Crippen LogP contribution in [0, 0.1) is 5.41 Å². The second-order valence-corrected chi connectivity index (χ2v) is 2.04. The van der Waals surface area contributed by atoms with Crippen LogP contribution < -0.4 is 16.8 Å². The predicted molar refractivity (Wildman–Crippen MR) is 52.0 cm³/mol. The van der Waals surface area contributed by atoms with Gasteiger partial charge in [0.2, 0.25) is 0 Å². The smallest absolute Gasteiger partial charge is 0.169 e. The second-order valence-electron chi connectivity index (χ2n) is 0.956. The summed E-state index contributed by atoms with van der Waals surface area (Å²) >= 11 is 12.6. The Morgan fingerprint density at radius 1 is 1.30 bits per heavy atom. The van der Waals surface area contributed by atoms with Gasteiger partial charge in [0.15, 0.2) is 10.2 Å². The maximum atomic E-state index is 5.77. The number of isothiocyanates is 1. The van der Waals surface area contributed by atoms with Crippen LogP contribution in [0.1, 0.15) is 0 Å². The predicted octanol–water partition coefficient (Wildman–Crippen LogP) is -0.269. The molecule has 0 saturated heterocycles. The molecule has 0 fully saturated rings. The van der Waals surface area contributed by atoms with E-state index in [2.05, 4.69) is 42.0 Å². The molecule has 7 heteroatoms. The Labute approximate surface area is 74.5 Å². The number of hydrogen-bond acceptors (Lipinski definition) is 4. The van der Waals surface area contributed by atoms with Crippen molar-refractivity contribution in [2.24, 2.45) is 11.5 Å². The summed E-state index contributed by atoms with van der Waals surface area (Å²) in [7, 11) is 0. The Morgan fingerprint density at radius 2 is 1.50 bits per heavy atom. The maximum Gasteiger partial charge on any atom is 0.169 e. The van der Waals surface area contributed by atoms with Crippen molar-refractivity contribution in [3.8, 4) is 0 Å². The lowest BCUT2D eigenvalue weighted by molar-refractivity contribution is 1.36. The zero-order chi connectivity index (χ0) is 8.57. The first kappa shape index (κ1) is 12.1. The Bertz CT molecular complexity index is 147. The molecule has 0 aromatic carbocycles. The van der Waals surface area contributed by atoms with Gasteiger partial charge in [-0.05, 0) is 36.7 Å². The van der Waals surface area contributed by atoms with E-state index in [9.17, 15) is 0 Å². The van der Waals surface area contributed by atoms with Crippen LogP contribution in [0.15, 0.2) is 0 Å². The molecule has 0 bridgehead atoms. The van der Waals surface area contributed by atoms with Crippen LogP contribution in [0.3, 0.4) is 0 Å². The van der Waals surface area contributed by atoms with E-state index < -0.39 is 0 Å². The first-order chi connectivity index (χ1) is 4.54. The fourth-order valence-corrected chi connectivity index (χ4v) is 0.406. The number of hydrogen-bond donors (Lipinski definition) is 4. The van der Waals surface area contributed by atoms with Crippen molar-refractivity contribution in [3.05, 3.63) is 0 Å². The molecule has 0 aliphatic rings. The molecule has 0 rings (SSSR count). The molecule has 10 heavy (non-hydrogen) atoms. The summed E-state index contributed by atoms with van der Waals surface area (Å²) in [5.41, 5.74) is 9.89. The molecule has 0 spiro atoms. The highest BCUT2D eigenvalue weighted by Crippen LogP contribution is 1.55. The van der Waals surface area contributed by atoms with Crippen LogP contribution in [-0.4, -0.2) is 15.4 Å². The zero-order valence-electron chi connectivity index (χ0n) is 4.88. The molecule has 0 amide bonds. The van der Waals surface area contributed by atoms with Crippen LogP contribution in [0.25, 0.3) is 0 Å². The van der Waals surface area contributed by atoms with E-state index in [1.807, 2.05) is 0 Å². The van der Waals surface area contributed by atoms with Gasteiger partial charge >= 0.3 is 0 Å². The summed E-state index contributed by atoms with van der Waals surface area (Å²) in [6.07, 6.45) is 0. The molecule has 6 N–H and O–H groups in total. The van der Waals surface area contributed by atoms with E-state index >= 15 is 0 Å². The van der Waals surface area contributed by atoms with Crippen molar-refractivity contribution in [1.29, 1.82) is 5.41 Å². The highest BCUT2D eigenvalue weighted by Gasteiger charge is 1.83. The summed E-state index contributed by atoms with van der Waals surface area (Å²) in [6, 6.07) is 0. The molecule has 0 heterocycles. The fourth-order valence-electron chi connectivity index (χ4n) is 0.121. The summed E-state index contributed by atoms with van der Waals surface area (Å²) in [5, 5.41) is 9.89. The normalized spacial score (nSPS) is 6.00. The third-order valence-electron chi connectivity index (χ3n) is 0.246. The largest absolute Gasteiger partial charge is 0.376 e. The molecule has 0 aromatic heterocycles. The fraction of sp³-hybridized carbons (Fsp3) is 0. The van der Waals surface area contributed by atoms with Crippen molar-refractivity contribution < 1.29 is 0 Å². The van der Waals surface area contributed by atoms with E-state index in [1.165, 1.54) is 0 Å².